The summed E-state index contributed by atoms with van der Waals surface area (Å²) in [6.45, 7) is 4.73. The minimum atomic E-state index is -2.20. The molecular formula is C4H12O3Si. The molecule has 0 amide bonds. The van der Waals surface area contributed by atoms with Gasteiger partial charge >= 0.3 is 9.53 Å². The van der Waals surface area contributed by atoms with Crippen molar-refractivity contribution in [1.82, 2.24) is 0 Å². The van der Waals surface area contributed by atoms with E-state index in [-0.39, 0.29) is 0 Å². The number of hydrogen-bond acceptors (Lipinski definition) is 3. The molecular weight excluding hydrogens is 124 g/mol. The van der Waals surface area contributed by atoms with E-state index in [1.807, 2.05) is 13.8 Å². The molecule has 0 aliphatic rings. The second-order valence-electron chi connectivity index (χ2n) is 1.22. The normalized spacial score (nSPS) is 10.5. The third-order valence-corrected chi connectivity index (χ3v) is 1.86. The standard InChI is InChI=1S/C4H12O3Si/c1-3-6-8(5)7-4-2/h5,8H,3-4H2,1-2H3. The Bertz CT molecular complexity index is 44.5. The van der Waals surface area contributed by atoms with Gasteiger partial charge in [-0.1, -0.05) is 0 Å². The van der Waals surface area contributed by atoms with Crippen LogP contribution in [0.2, 0.25) is 0 Å². The van der Waals surface area contributed by atoms with Crippen molar-refractivity contribution in [3.05, 3.63) is 0 Å². The van der Waals surface area contributed by atoms with Gasteiger partial charge in [0.05, 0.1) is 0 Å². The van der Waals surface area contributed by atoms with Crippen LogP contribution in [0, 0.1) is 0 Å². The molecule has 0 saturated heterocycles. The zero-order chi connectivity index (χ0) is 6.41. The Morgan fingerprint density at radius 3 is 1.88 bits per heavy atom. The van der Waals surface area contributed by atoms with Gasteiger partial charge in [-0.3, -0.25) is 0 Å². The largest absolute Gasteiger partial charge is 0.481 e. The summed E-state index contributed by atoms with van der Waals surface area (Å²) in [5.74, 6) is 0. The molecule has 0 rings (SSSR count). The van der Waals surface area contributed by atoms with Gasteiger partial charge in [-0.25, -0.2) is 0 Å². The summed E-state index contributed by atoms with van der Waals surface area (Å²) >= 11 is 0. The van der Waals surface area contributed by atoms with E-state index in [1.54, 1.807) is 0 Å². The molecule has 0 heterocycles. The van der Waals surface area contributed by atoms with E-state index in [2.05, 4.69) is 0 Å². The smallest absolute Gasteiger partial charge is 0.392 e. The third-order valence-electron chi connectivity index (χ3n) is 0.618. The maximum atomic E-state index is 8.74. The van der Waals surface area contributed by atoms with Crippen LogP contribution in [-0.4, -0.2) is 27.5 Å². The van der Waals surface area contributed by atoms with Crippen LogP contribution in [0.25, 0.3) is 0 Å². The monoisotopic (exact) mass is 136 g/mol. The first-order valence-corrected chi connectivity index (χ1v) is 4.18. The first-order chi connectivity index (χ1) is 3.81. The van der Waals surface area contributed by atoms with Gasteiger partial charge in [0.15, 0.2) is 0 Å². The zero-order valence-corrected chi connectivity index (χ0v) is 6.41. The average Bonchev–Trinajstić information content (AvgIpc) is 1.68. The van der Waals surface area contributed by atoms with E-state index in [9.17, 15) is 0 Å². The summed E-state index contributed by atoms with van der Waals surface area (Å²) in [7, 11) is -2.20. The second kappa shape index (κ2) is 5.24. The molecule has 0 radical (unpaired) electrons. The molecule has 3 nitrogen and oxygen atoms in total. The van der Waals surface area contributed by atoms with Crippen molar-refractivity contribution in [2.75, 3.05) is 13.2 Å². The summed E-state index contributed by atoms with van der Waals surface area (Å²) in [5, 5.41) is 0. The summed E-state index contributed by atoms with van der Waals surface area (Å²) in [4.78, 5) is 8.74. The van der Waals surface area contributed by atoms with E-state index in [4.69, 9.17) is 13.6 Å². The van der Waals surface area contributed by atoms with Gasteiger partial charge in [0.1, 0.15) is 0 Å². The Labute approximate surface area is 51.2 Å². The summed E-state index contributed by atoms with van der Waals surface area (Å²) in [6, 6.07) is 0. The highest BCUT2D eigenvalue weighted by molar-refractivity contribution is 6.34. The molecule has 4 heteroatoms. The van der Waals surface area contributed by atoms with Crippen molar-refractivity contribution in [3.8, 4) is 0 Å². The SMILES string of the molecule is CCO[SiH](O)OCC. The molecule has 8 heavy (non-hydrogen) atoms. The summed E-state index contributed by atoms with van der Waals surface area (Å²) < 4.78 is 9.51. The van der Waals surface area contributed by atoms with Crippen molar-refractivity contribution in [2.45, 2.75) is 13.8 Å². The van der Waals surface area contributed by atoms with E-state index in [0.717, 1.165) is 0 Å². The highest BCUT2D eigenvalue weighted by atomic mass is 28.3. The van der Waals surface area contributed by atoms with Crippen LogP contribution in [0.3, 0.4) is 0 Å². The molecule has 0 aromatic carbocycles. The Hall–Kier alpha value is 0.0969. The molecule has 0 spiro atoms. The molecule has 0 saturated carbocycles. The van der Waals surface area contributed by atoms with Crippen molar-refractivity contribution < 1.29 is 13.6 Å². The minimum absolute atomic E-state index is 0.535. The Morgan fingerprint density at radius 1 is 1.25 bits per heavy atom. The molecule has 0 aromatic heterocycles. The minimum Gasteiger partial charge on any atom is -0.392 e. The fourth-order valence-electron chi connectivity index (χ4n) is 0.333. The molecule has 0 bridgehead atoms. The fraction of sp³-hybridized carbons (Fsp3) is 1.00. The molecule has 0 unspecified atom stereocenters. The Morgan fingerprint density at radius 2 is 1.62 bits per heavy atom. The lowest BCUT2D eigenvalue weighted by Gasteiger charge is -2.05. The van der Waals surface area contributed by atoms with Gasteiger partial charge < -0.3 is 13.6 Å². The highest BCUT2D eigenvalue weighted by Crippen LogP contribution is 1.81. The van der Waals surface area contributed by atoms with Crippen LogP contribution < -0.4 is 0 Å². The van der Waals surface area contributed by atoms with Crippen molar-refractivity contribution in [3.63, 3.8) is 0 Å². The van der Waals surface area contributed by atoms with E-state index in [0.29, 0.717) is 13.2 Å². The number of rotatable bonds is 4. The zero-order valence-electron chi connectivity index (χ0n) is 5.26. The van der Waals surface area contributed by atoms with Gasteiger partial charge in [-0.05, 0) is 13.8 Å². The van der Waals surface area contributed by atoms with Crippen molar-refractivity contribution in [2.24, 2.45) is 0 Å². The quantitative estimate of drug-likeness (QED) is 0.542. The van der Waals surface area contributed by atoms with E-state index in [1.165, 1.54) is 0 Å². The maximum Gasteiger partial charge on any atom is 0.481 e. The summed E-state index contributed by atoms with van der Waals surface area (Å²) in [6.07, 6.45) is 0. The first kappa shape index (κ1) is 8.10. The second-order valence-corrected chi connectivity index (χ2v) is 2.50. The first-order valence-electron chi connectivity index (χ1n) is 2.72. The van der Waals surface area contributed by atoms with Gasteiger partial charge in [-0.2, -0.15) is 0 Å². The molecule has 0 atom stereocenters. The summed E-state index contributed by atoms with van der Waals surface area (Å²) in [5.41, 5.74) is 0. The van der Waals surface area contributed by atoms with Crippen LogP contribution in [0.1, 0.15) is 13.8 Å². The maximum absolute atomic E-state index is 8.74. The van der Waals surface area contributed by atoms with Crippen LogP contribution in [0.15, 0.2) is 0 Å². The average molecular weight is 136 g/mol. The van der Waals surface area contributed by atoms with Crippen LogP contribution in [0.4, 0.5) is 0 Å². The lowest BCUT2D eigenvalue weighted by molar-refractivity contribution is 0.145. The Balaban J connectivity index is 2.92. The van der Waals surface area contributed by atoms with Crippen LogP contribution in [0.5, 0.6) is 0 Å². The molecule has 0 aromatic rings. The molecule has 0 fully saturated rings. The van der Waals surface area contributed by atoms with E-state index < -0.39 is 9.53 Å². The highest BCUT2D eigenvalue weighted by Gasteiger charge is 2.04. The predicted octanol–water partition coefficient (Wildman–Crippen LogP) is -0.231. The topological polar surface area (TPSA) is 38.7 Å². The molecule has 50 valence electrons. The molecule has 0 aliphatic carbocycles. The third kappa shape index (κ3) is 4.26. The number of hydrogen-bond donors (Lipinski definition) is 1. The molecule has 1 N–H and O–H groups in total. The van der Waals surface area contributed by atoms with E-state index >= 15 is 0 Å². The Kier molecular flexibility index (Phi) is 5.30. The van der Waals surface area contributed by atoms with Crippen molar-refractivity contribution in [1.29, 1.82) is 0 Å². The van der Waals surface area contributed by atoms with Crippen LogP contribution in [-0.2, 0) is 8.85 Å². The fourth-order valence-corrected chi connectivity index (χ4v) is 1.000. The lowest BCUT2D eigenvalue weighted by Crippen LogP contribution is -2.22. The van der Waals surface area contributed by atoms with Gasteiger partial charge in [0.2, 0.25) is 0 Å². The lowest BCUT2D eigenvalue weighted by atomic mass is 10.9. The van der Waals surface area contributed by atoms with Gasteiger partial charge in [0.25, 0.3) is 0 Å². The predicted molar refractivity (Wildman–Crippen MR) is 32.6 cm³/mol. The van der Waals surface area contributed by atoms with Gasteiger partial charge in [-0.15, -0.1) is 0 Å². The van der Waals surface area contributed by atoms with Crippen LogP contribution >= 0.6 is 0 Å². The molecule has 0 aliphatic heterocycles. The van der Waals surface area contributed by atoms with Crippen molar-refractivity contribution >= 4 is 9.53 Å². The van der Waals surface area contributed by atoms with Gasteiger partial charge in [0, 0.05) is 13.2 Å².